The molecule has 0 unspecified atom stereocenters. The molecule has 3 atom stereocenters. The van der Waals surface area contributed by atoms with E-state index in [2.05, 4.69) is 0 Å². The fourth-order valence-corrected chi connectivity index (χ4v) is 7.29. The molecule has 2 aliphatic rings. The number of carbonyl (C=O) groups is 2. The summed E-state index contributed by atoms with van der Waals surface area (Å²) in [6.45, 7) is 7.87. The summed E-state index contributed by atoms with van der Waals surface area (Å²) in [6, 6.07) is 10.4. The smallest absolute Gasteiger partial charge is 0.410 e. The lowest BCUT2D eigenvalue weighted by atomic mass is 9.93. The highest BCUT2D eigenvalue weighted by Crippen LogP contribution is 2.39. The minimum atomic E-state index is -4.07. The van der Waals surface area contributed by atoms with Crippen LogP contribution in [-0.2, 0) is 19.5 Å². The second kappa shape index (κ2) is 12.9. The maximum Gasteiger partial charge on any atom is 0.410 e. The summed E-state index contributed by atoms with van der Waals surface area (Å²) in [6.07, 6.45) is 0.611. The first-order valence-electron chi connectivity index (χ1n) is 14.1. The van der Waals surface area contributed by atoms with Crippen LogP contribution in [0, 0.1) is 5.82 Å². The fraction of sp³-hybridized carbons (Fsp3) is 0.533. The second-order valence-corrected chi connectivity index (χ2v) is 13.6. The Kier molecular flexibility index (Phi) is 9.67. The molecule has 2 aliphatic heterocycles. The summed E-state index contributed by atoms with van der Waals surface area (Å²) >= 11 is 0. The molecule has 12 heteroatoms. The molecular weight excluding hydrogens is 565 g/mol. The Hall–Kier alpha value is -3.38. The molecule has 2 aromatic carbocycles. The van der Waals surface area contributed by atoms with E-state index in [0.717, 1.165) is 0 Å². The monoisotopic (exact) mass is 605 g/mol. The van der Waals surface area contributed by atoms with Gasteiger partial charge >= 0.3 is 12.2 Å². The van der Waals surface area contributed by atoms with Gasteiger partial charge in [-0.3, -0.25) is 0 Å². The molecule has 0 radical (unpaired) electrons. The van der Waals surface area contributed by atoms with Crippen LogP contribution in [0.4, 0.5) is 14.0 Å². The van der Waals surface area contributed by atoms with Crippen LogP contribution in [-0.4, -0.2) is 85.7 Å². The average molecular weight is 606 g/mol. The number of benzene rings is 2. The summed E-state index contributed by atoms with van der Waals surface area (Å²) in [7, 11) is -2.57. The van der Waals surface area contributed by atoms with Crippen molar-refractivity contribution in [2.75, 3.05) is 33.4 Å². The van der Waals surface area contributed by atoms with E-state index in [-0.39, 0.29) is 37.2 Å². The molecule has 2 fully saturated rings. The number of carbonyl (C=O) groups excluding carboxylic acids is 2. The minimum Gasteiger partial charge on any atom is -0.497 e. The van der Waals surface area contributed by atoms with Crippen LogP contribution in [0.1, 0.15) is 58.6 Å². The molecule has 2 aromatic rings. The molecule has 2 saturated heterocycles. The molecule has 10 nitrogen and oxygen atoms in total. The van der Waals surface area contributed by atoms with Gasteiger partial charge in [-0.25, -0.2) is 22.4 Å². The van der Waals surface area contributed by atoms with Crippen LogP contribution in [0.2, 0.25) is 0 Å². The van der Waals surface area contributed by atoms with Gasteiger partial charge in [-0.1, -0.05) is 12.1 Å². The van der Waals surface area contributed by atoms with E-state index in [1.807, 2.05) is 6.92 Å². The van der Waals surface area contributed by atoms with Gasteiger partial charge < -0.3 is 24.0 Å². The number of hydrogen-bond acceptors (Lipinski definition) is 7. The quantitative estimate of drug-likeness (QED) is 0.446. The Bertz CT molecular complexity index is 1360. The van der Waals surface area contributed by atoms with Gasteiger partial charge in [-0.2, -0.15) is 4.31 Å². The lowest BCUT2D eigenvalue weighted by Gasteiger charge is -2.42. The molecule has 42 heavy (non-hydrogen) atoms. The molecule has 4 rings (SSSR count). The van der Waals surface area contributed by atoms with Crippen LogP contribution in [0.15, 0.2) is 53.4 Å². The molecule has 2 amide bonds. The number of piperidine rings is 1. The molecule has 0 aliphatic carbocycles. The molecule has 230 valence electrons. The second-order valence-electron chi connectivity index (χ2n) is 11.7. The van der Waals surface area contributed by atoms with Gasteiger partial charge in [-0.15, -0.1) is 0 Å². The summed E-state index contributed by atoms with van der Waals surface area (Å²) in [5.74, 6) is 0.0583. The van der Waals surface area contributed by atoms with Crippen molar-refractivity contribution in [2.45, 2.75) is 75.6 Å². The first-order valence-corrected chi connectivity index (χ1v) is 15.6. The normalized spacial score (nSPS) is 22.0. The first kappa shape index (κ1) is 31.6. The highest BCUT2D eigenvalue weighted by atomic mass is 32.2. The summed E-state index contributed by atoms with van der Waals surface area (Å²) < 4.78 is 60.1. The average Bonchev–Trinajstić information content (AvgIpc) is 2.94. The number of nitrogens with zero attached hydrogens (tertiary/aromatic N) is 3. The fourth-order valence-electron chi connectivity index (χ4n) is 5.44. The SMILES string of the molecule is COc1ccc(S(=O)(=O)N2[C@@H](COC(=O)N3CCN(C(=O)OC(C)(C)C)C[C@H]3C)CCC[C@H]2c2cccc(F)c2)cc1. The molecular formula is C30H40FN3O7S. The number of methoxy groups -OCH3 is 1. The first-order chi connectivity index (χ1) is 19.8. The van der Waals surface area contributed by atoms with Gasteiger partial charge in [0, 0.05) is 19.6 Å². The number of amides is 2. The maximum absolute atomic E-state index is 14.2. The Morgan fingerprint density at radius 1 is 1.02 bits per heavy atom. The molecule has 0 saturated carbocycles. The topological polar surface area (TPSA) is 106 Å². The molecule has 0 aromatic heterocycles. The number of piperazine rings is 1. The molecule has 2 heterocycles. The van der Waals surface area contributed by atoms with E-state index in [9.17, 15) is 22.4 Å². The van der Waals surface area contributed by atoms with E-state index in [1.165, 1.54) is 40.6 Å². The lowest BCUT2D eigenvalue weighted by Crippen LogP contribution is -2.56. The van der Waals surface area contributed by atoms with Gasteiger partial charge in [0.15, 0.2) is 0 Å². The van der Waals surface area contributed by atoms with E-state index in [0.29, 0.717) is 30.6 Å². The maximum atomic E-state index is 14.2. The van der Waals surface area contributed by atoms with Crippen LogP contribution in [0.5, 0.6) is 5.75 Å². The van der Waals surface area contributed by atoms with Crippen LogP contribution in [0.3, 0.4) is 0 Å². The Morgan fingerprint density at radius 2 is 1.74 bits per heavy atom. The van der Waals surface area contributed by atoms with Gasteiger partial charge in [0.2, 0.25) is 10.0 Å². The van der Waals surface area contributed by atoms with Crippen molar-refractivity contribution in [1.82, 2.24) is 14.1 Å². The third kappa shape index (κ3) is 7.33. The summed E-state index contributed by atoms with van der Waals surface area (Å²) in [4.78, 5) is 28.8. The van der Waals surface area contributed by atoms with Crippen LogP contribution < -0.4 is 4.74 Å². The zero-order valence-corrected chi connectivity index (χ0v) is 25.6. The van der Waals surface area contributed by atoms with Gasteiger partial charge in [0.25, 0.3) is 0 Å². The molecule has 0 N–H and O–H groups in total. The van der Waals surface area contributed by atoms with E-state index in [4.69, 9.17) is 14.2 Å². The zero-order chi connectivity index (χ0) is 30.7. The highest BCUT2D eigenvalue weighted by molar-refractivity contribution is 7.89. The van der Waals surface area contributed by atoms with E-state index < -0.39 is 45.7 Å². The summed E-state index contributed by atoms with van der Waals surface area (Å²) in [5.41, 5.74) is -0.0902. The van der Waals surface area contributed by atoms with Crippen molar-refractivity contribution in [3.8, 4) is 5.75 Å². The zero-order valence-electron chi connectivity index (χ0n) is 24.8. The highest BCUT2D eigenvalue weighted by Gasteiger charge is 2.42. The van der Waals surface area contributed by atoms with Gasteiger partial charge in [-0.05, 0) is 88.9 Å². The van der Waals surface area contributed by atoms with Crippen molar-refractivity contribution in [3.63, 3.8) is 0 Å². The largest absolute Gasteiger partial charge is 0.497 e. The number of rotatable bonds is 6. The van der Waals surface area contributed by atoms with Gasteiger partial charge in [0.1, 0.15) is 23.8 Å². The van der Waals surface area contributed by atoms with Crippen LogP contribution >= 0.6 is 0 Å². The van der Waals surface area contributed by atoms with Crippen molar-refractivity contribution >= 4 is 22.2 Å². The third-order valence-corrected chi connectivity index (χ3v) is 9.44. The minimum absolute atomic E-state index is 0.0646. The number of hydrogen-bond donors (Lipinski definition) is 0. The van der Waals surface area contributed by atoms with Crippen molar-refractivity contribution in [3.05, 3.63) is 59.9 Å². The van der Waals surface area contributed by atoms with Crippen molar-refractivity contribution < 1.29 is 36.6 Å². The standard InChI is InChI=1S/C30H40FN3O7S/c1-21-19-32(28(35)41-30(2,3)4)16-17-33(21)29(36)40-20-24-10-7-11-27(22-8-6-9-23(31)18-22)34(24)42(37,38)26-14-12-25(39-5)13-15-26/h6,8-9,12-15,18,21,24,27H,7,10-11,16-17,19-20H2,1-5H3/t21-,24-,27+/m1/s1. The predicted molar refractivity (Wildman–Crippen MR) is 154 cm³/mol. The van der Waals surface area contributed by atoms with Gasteiger partial charge in [0.05, 0.1) is 30.1 Å². The van der Waals surface area contributed by atoms with Crippen LogP contribution in [0.25, 0.3) is 0 Å². The van der Waals surface area contributed by atoms with Crippen molar-refractivity contribution in [1.29, 1.82) is 0 Å². The van der Waals surface area contributed by atoms with Crippen molar-refractivity contribution in [2.24, 2.45) is 0 Å². The molecule has 0 spiro atoms. The van der Waals surface area contributed by atoms with E-state index >= 15 is 0 Å². The number of halogens is 1. The Balaban J connectivity index is 1.52. The number of ether oxygens (including phenoxy) is 3. The Morgan fingerprint density at radius 3 is 2.36 bits per heavy atom. The Labute approximate surface area is 247 Å². The van der Waals surface area contributed by atoms with E-state index in [1.54, 1.807) is 49.9 Å². The third-order valence-electron chi connectivity index (χ3n) is 7.46. The lowest BCUT2D eigenvalue weighted by molar-refractivity contribution is 0.00101. The molecule has 0 bridgehead atoms. The summed E-state index contributed by atoms with van der Waals surface area (Å²) in [5, 5.41) is 0. The number of sulfonamides is 1. The predicted octanol–water partition coefficient (Wildman–Crippen LogP) is 5.20.